The lowest BCUT2D eigenvalue weighted by Gasteiger charge is -2.54. The number of hydrogen-bond acceptors (Lipinski definition) is 2. The molecule has 0 aromatic heterocycles. The van der Waals surface area contributed by atoms with Crippen molar-refractivity contribution >= 4 is 8.56 Å². The molecule has 3 heteroatoms. The van der Waals surface area contributed by atoms with E-state index >= 15 is 0 Å². The van der Waals surface area contributed by atoms with E-state index in [2.05, 4.69) is 41.5 Å². The highest BCUT2D eigenvalue weighted by atomic mass is 28.4. The van der Waals surface area contributed by atoms with E-state index in [9.17, 15) is 0 Å². The van der Waals surface area contributed by atoms with Crippen molar-refractivity contribution in [1.82, 2.24) is 0 Å². The molecule has 0 radical (unpaired) electrons. The van der Waals surface area contributed by atoms with Crippen LogP contribution < -0.4 is 0 Å². The van der Waals surface area contributed by atoms with Crippen molar-refractivity contribution in [3.63, 3.8) is 0 Å². The fraction of sp³-hybridized carbons (Fsp3) is 1.00. The molecule has 2 aliphatic rings. The van der Waals surface area contributed by atoms with Crippen LogP contribution in [0.3, 0.4) is 0 Å². The second-order valence-electron chi connectivity index (χ2n) is 10.9. The van der Waals surface area contributed by atoms with Gasteiger partial charge in [-0.05, 0) is 48.3 Å². The Morgan fingerprint density at radius 3 is 1.20 bits per heavy atom. The Balaban J connectivity index is 2.44. The van der Waals surface area contributed by atoms with Gasteiger partial charge >= 0.3 is 8.56 Å². The van der Waals surface area contributed by atoms with Gasteiger partial charge in [0.2, 0.25) is 0 Å². The molecule has 2 aliphatic carbocycles. The highest BCUT2D eigenvalue weighted by molar-refractivity contribution is 6.70. The third-order valence-corrected chi connectivity index (χ3v) is 12.2. The molecule has 0 aromatic rings. The fourth-order valence-corrected chi connectivity index (χ4v) is 11.9. The molecule has 0 spiro atoms. The summed E-state index contributed by atoms with van der Waals surface area (Å²) >= 11 is 0. The molecule has 0 bridgehead atoms. The smallest absolute Gasteiger partial charge is 0.344 e. The zero-order chi connectivity index (χ0) is 18.9. The quantitative estimate of drug-likeness (QED) is 0.501. The van der Waals surface area contributed by atoms with Crippen LogP contribution in [0.5, 0.6) is 0 Å². The normalized spacial score (nSPS) is 32.6. The van der Waals surface area contributed by atoms with Crippen LogP contribution in [0, 0.1) is 22.7 Å². The van der Waals surface area contributed by atoms with Crippen molar-refractivity contribution in [1.29, 1.82) is 0 Å². The molecule has 2 rings (SSSR count). The van der Waals surface area contributed by atoms with Gasteiger partial charge in [-0.15, -0.1) is 0 Å². The van der Waals surface area contributed by atoms with Gasteiger partial charge in [0.1, 0.15) is 0 Å². The van der Waals surface area contributed by atoms with Gasteiger partial charge in [0.15, 0.2) is 0 Å². The summed E-state index contributed by atoms with van der Waals surface area (Å²) in [4.78, 5) is 0. The summed E-state index contributed by atoms with van der Waals surface area (Å²) in [7, 11) is 1.65. The van der Waals surface area contributed by atoms with Crippen LogP contribution in [0.2, 0.25) is 11.1 Å². The van der Waals surface area contributed by atoms with E-state index in [1.165, 1.54) is 51.4 Å². The Kier molecular flexibility index (Phi) is 6.88. The van der Waals surface area contributed by atoms with E-state index in [1.54, 1.807) is 0 Å². The van der Waals surface area contributed by atoms with Crippen LogP contribution in [0.25, 0.3) is 0 Å². The average molecular weight is 369 g/mol. The summed E-state index contributed by atoms with van der Waals surface area (Å²) in [6.45, 7) is 14.6. The van der Waals surface area contributed by atoms with Crippen molar-refractivity contribution in [2.75, 3.05) is 14.2 Å². The van der Waals surface area contributed by atoms with Crippen LogP contribution in [0.4, 0.5) is 0 Å². The molecular weight excluding hydrogens is 324 g/mol. The maximum Gasteiger partial charge on any atom is 0.344 e. The predicted octanol–water partition coefficient (Wildman–Crippen LogP) is 6.93. The van der Waals surface area contributed by atoms with E-state index in [0.29, 0.717) is 21.9 Å². The van der Waals surface area contributed by atoms with Crippen molar-refractivity contribution < 1.29 is 8.85 Å². The van der Waals surface area contributed by atoms with Gasteiger partial charge in [-0.1, -0.05) is 67.2 Å². The standard InChI is InChI=1S/C22H44O2Si/c1-21(2,3)17-13-9-11-15-19(17)25(23-7,24-8)20-16-12-10-14-18(20)22(4,5)6/h17-20H,9-16H2,1-8H3. The molecule has 148 valence electrons. The van der Waals surface area contributed by atoms with Gasteiger partial charge < -0.3 is 8.85 Å². The lowest BCUT2D eigenvalue weighted by Crippen LogP contribution is -2.57. The van der Waals surface area contributed by atoms with E-state index in [1.807, 2.05) is 14.2 Å². The minimum absolute atomic E-state index is 0.340. The highest BCUT2D eigenvalue weighted by Crippen LogP contribution is 2.58. The molecule has 0 N–H and O–H groups in total. The van der Waals surface area contributed by atoms with E-state index in [4.69, 9.17) is 8.85 Å². The molecule has 0 amide bonds. The van der Waals surface area contributed by atoms with Crippen molar-refractivity contribution in [3.8, 4) is 0 Å². The largest absolute Gasteiger partial charge is 0.397 e. The van der Waals surface area contributed by atoms with Crippen LogP contribution in [0.1, 0.15) is 92.9 Å². The molecule has 0 aromatic carbocycles. The monoisotopic (exact) mass is 368 g/mol. The van der Waals surface area contributed by atoms with Crippen molar-refractivity contribution in [2.24, 2.45) is 22.7 Å². The summed E-state index contributed by atoms with van der Waals surface area (Å²) < 4.78 is 13.1. The SMILES string of the molecule is CO[Si](OC)(C1CCCCC1C(C)(C)C)C1CCCCC1C(C)(C)C. The first-order valence-electron chi connectivity index (χ1n) is 10.7. The van der Waals surface area contributed by atoms with Crippen molar-refractivity contribution in [2.45, 2.75) is 104 Å². The number of hydrogen-bond donors (Lipinski definition) is 0. The van der Waals surface area contributed by atoms with E-state index in [0.717, 1.165) is 11.8 Å². The van der Waals surface area contributed by atoms with E-state index < -0.39 is 8.56 Å². The molecule has 0 aliphatic heterocycles. The number of rotatable bonds is 4. The minimum Gasteiger partial charge on any atom is -0.397 e. The fourth-order valence-electron chi connectivity index (χ4n) is 6.26. The zero-order valence-electron chi connectivity index (χ0n) is 18.3. The molecule has 4 unspecified atom stereocenters. The third-order valence-electron chi connectivity index (χ3n) is 7.43. The first kappa shape index (κ1) is 21.4. The summed E-state index contributed by atoms with van der Waals surface area (Å²) in [6.07, 6.45) is 10.8. The summed E-state index contributed by atoms with van der Waals surface area (Å²) in [5.41, 5.74) is 1.96. The molecule has 25 heavy (non-hydrogen) atoms. The third kappa shape index (κ3) is 4.35. The molecule has 0 heterocycles. The molecule has 2 nitrogen and oxygen atoms in total. The maximum atomic E-state index is 6.53. The summed E-state index contributed by atoms with van der Waals surface area (Å²) in [6, 6.07) is 0. The van der Waals surface area contributed by atoms with Crippen LogP contribution in [0.15, 0.2) is 0 Å². The Morgan fingerprint density at radius 2 is 0.920 bits per heavy atom. The van der Waals surface area contributed by atoms with Gasteiger partial charge in [-0.2, -0.15) is 0 Å². The Labute approximate surface area is 158 Å². The Bertz CT molecular complexity index is 381. The predicted molar refractivity (Wildman–Crippen MR) is 110 cm³/mol. The molecule has 2 fully saturated rings. The lowest BCUT2D eigenvalue weighted by molar-refractivity contribution is 0.0934. The topological polar surface area (TPSA) is 18.5 Å². The van der Waals surface area contributed by atoms with Gasteiger partial charge in [0.05, 0.1) is 0 Å². The minimum atomic E-state index is -2.29. The van der Waals surface area contributed by atoms with Crippen LogP contribution in [-0.4, -0.2) is 22.8 Å². The second kappa shape index (κ2) is 8.02. The van der Waals surface area contributed by atoms with Gasteiger partial charge in [-0.3, -0.25) is 0 Å². The van der Waals surface area contributed by atoms with Gasteiger partial charge in [-0.25, -0.2) is 0 Å². The van der Waals surface area contributed by atoms with Gasteiger partial charge in [0, 0.05) is 25.3 Å². The van der Waals surface area contributed by atoms with E-state index in [-0.39, 0.29) is 0 Å². The van der Waals surface area contributed by atoms with Gasteiger partial charge in [0.25, 0.3) is 0 Å². The first-order chi connectivity index (χ1) is 11.6. The van der Waals surface area contributed by atoms with Crippen LogP contribution >= 0.6 is 0 Å². The summed E-state index contributed by atoms with van der Waals surface area (Å²) in [5.74, 6) is 1.46. The zero-order valence-corrected chi connectivity index (χ0v) is 19.3. The molecule has 0 saturated heterocycles. The molecular formula is C22H44O2Si. The lowest BCUT2D eigenvalue weighted by atomic mass is 9.71. The van der Waals surface area contributed by atoms with Crippen LogP contribution in [-0.2, 0) is 8.85 Å². The second-order valence-corrected chi connectivity index (χ2v) is 14.6. The maximum absolute atomic E-state index is 6.53. The molecule has 4 atom stereocenters. The van der Waals surface area contributed by atoms with Crippen molar-refractivity contribution in [3.05, 3.63) is 0 Å². The first-order valence-corrected chi connectivity index (χ1v) is 12.7. The Morgan fingerprint density at radius 1 is 0.600 bits per heavy atom. The Hall–Kier alpha value is 0.137. The summed E-state index contributed by atoms with van der Waals surface area (Å²) in [5, 5.41) is 0. The average Bonchev–Trinajstić information content (AvgIpc) is 2.56. The highest BCUT2D eigenvalue weighted by Gasteiger charge is 2.59. The molecule has 2 saturated carbocycles.